The maximum atomic E-state index is 12.8. The maximum absolute atomic E-state index is 12.8. The Labute approximate surface area is 140 Å². The van der Waals surface area contributed by atoms with Gasteiger partial charge in [-0.3, -0.25) is 4.79 Å². The number of rotatable bonds is 5. The SMILES string of the molecule is O=C(NCCCN1CCC(O)CC1)C12CC3CC(CC(C3)C1)C2. The van der Waals surface area contributed by atoms with Gasteiger partial charge >= 0.3 is 0 Å². The Balaban J connectivity index is 1.22. The highest BCUT2D eigenvalue weighted by molar-refractivity contribution is 5.83. The molecule has 0 atom stereocenters. The van der Waals surface area contributed by atoms with Crippen LogP contribution in [-0.4, -0.2) is 48.2 Å². The van der Waals surface area contributed by atoms with Crippen molar-refractivity contribution in [2.24, 2.45) is 23.2 Å². The molecule has 4 nitrogen and oxygen atoms in total. The van der Waals surface area contributed by atoms with E-state index in [9.17, 15) is 9.90 Å². The Kier molecular flexibility index (Phi) is 4.39. The first kappa shape index (κ1) is 15.9. The number of nitrogens with zero attached hydrogens (tertiary/aromatic N) is 1. The summed E-state index contributed by atoms with van der Waals surface area (Å²) in [5.74, 6) is 2.89. The van der Waals surface area contributed by atoms with Gasteiger partial charge in [-0.05, 0) is 82.1 Å². The molecule has 1 heterocycles. The molecule has 0 radical (unpaired) electrons. The van der Waals surface area contributed by atoms with Crippen LogP contribution in [0.25, 0.3) is 0 Å². The van der Waals surface area contributed by atoms with Gasteiger partial charge < -0.3 is 15.3 Å². The number of aliphatic hydroxyl groups excluding tert-OH is 1. The number of carbonyl (C=O) groups is 1. The Bertz CT molecular complexity index is 407. The Hall–Kier alpha value is -0.610. The summed E-state index contributed by atoms with van der Waals surface area (Å²) < 4.78 is 0. The van der Waals surface area contributed by atoms with E-state index in [4.69, 9.17) is 0 Å². The molecule has 4 aliphatic carbocycles. The highest BCUT2D eigenvalue weighted by Crippen LogP contribution is 2.60. The lowest BCUT2D eigenvalue weighted by atomic mass is 9.49. The molecule has 5 aliphatic rings. The average molecular weight is 320 g/mol. The third-order valence-electron chi connectivity index (χ3n) is 7.01. The highest BCUT2D eigenvalue weighted by Gasteiger charge is 2.54. The zero-order valence-corrected chi connectivity index (χ0v) is 14.3. The van der Waals surface area contributed by atoms with E-state index in [1.807, 2.05) is 0 Å². The molecule has 130 valence electrons. The van der Waals surface area contributed by atoms with E-state index in [2.05, 4.69) is 10.2 Å². The van der Waals surface area contributed by atoms with E-state index in [0.717, 1.165) is 82.5 Å². The first-order chi connectivity index (χ1) is 11.1. The summed E-state index contributed by atoms with van der Waals surface area (Å²) in [6.07, 6.45) is 10.4. The molecule has 1 amide bonds. The summed E-state index contributed by atoms with van der Waals surface area (Å²) in [5, 5.41) is 12.8. The van der Waals surface area contributed by atoms with Crippen molar-refractivity contribution in [2.75, 3.05) is 26.2 Å². The largest absolute Gasteiger partial charge is 0.393 e. The van der Waals surface area contributed by atoms with Crippen LogP contribution in [0.3, 0.4) is 0 Å². The molecule has 0 aromatic heterocycles. The molecule has 2 N–H and O–H groups in total. The number of amides is 1. The topological polar surface area (TPSA) is 52.6 Å². The fourth-order valence-electron chi connectivity index (χ4n) is 6.22. The molecule has 0 unspecified atom stereocenters. The third-order valence-corrected chi connectivity index (χ3v) is 7.01. The number of aliphatic hydroxyl groups is 1. The Morgan fingerprint density at radius 2 is 1.61 bits per heavy atom. The quantitative estimate of drug-likeness (QED) is 0.763. The number of nitrogens with one attached hydrogen (secondary N) is 1. The van der Waals surface area contributed by atoms with Gasteiger partial charge in [0, 0.05) is 25.0 Å². The third kappa shape index (κ3) is 3.30. The molecule has 1 aliphatic heterocycles. The smallest absolute Gasteiger partial charge is 0.226 e. The second-order valence-electron chi connectivity index (χ2n) is 8.88. The van der Waals surface area contributed by atoms with Gasteiger partial charge in [-0.15, -0.1) is 0 Å². The van der Waals surface area contributed by atoms with Gasteiger partial charge in [-0.25, -0.2) is 0 Å². The zero-order valence-electron chi connectivity index (χ0n) is 14.3. The molecule has 0 aromatic carbocycles. The van der Waals surface area contributed by atoms with Gasteiger partial charge in [0.15, 0.2) is 0 Å². The number of piperidine rings is 1. The summed E-state index contributed by atoms with van der Waals surface area (Å²) in [5.41, 5.74) is 0.00395. The Morgan fingerprint density at radius 1 is 1.04 bits per heavy atom. The van der Waals surface area contributed by atoms with Crippen LogP contribution in [0, 0.1) is 23.2 Å². The predicted molar refractivity (Wildman–Crippen MR) is 89.9 cm³/mol. The highest BCUT2D eigenvalue weighted by atomic mass is 16.3. The first-order valence-electron chi connectivity index (χ1n) is 9.82. The minimum absolute atomic E-state index is 0.00395. The first-order valence-corrected chi connectivity index (χ1v) is 9.82. The molecular formula is C19H32N2O2. The molecule has 0 aromatic rings. The molecule has 23 heavy (non-hydrogen) atoms. The van der Waals surface area contributed by atoms with Gasteiger partial charge in [0.05, 0.1) is 6.10 Å². The standard InChI is InChI=1S/C19H32N2O2/c22-17-2-6-21(7-3-17)5-1-4-20-18(23)19-11-14-8-15(12-19)10-16(9-14)13-19/h14-17,22H,1-13H2,(H,20,23). The number of hydrogen-bond acceptors (Lipinski definition) is 3. The fourth-order valence-corrected chi connectivity index (χ4v) is 6.22. The van der Waals surface area contributed by atoms with Crippen molar-refractivity contribution in [3.8, 4) is 0 Å². The monoisotopic (exact) mass is 320 g/mol. The lowest BCUT2D eigenvalue weighted by Crippen LogP contribution is -2.53. The van der Waals surface area contributed by atoms with Crippen LogP contribution in [0.1, 0.15) is 57.8 Å². The fraction of sp³-hybridized carbons (Fsp3) is 0.947. The Morgan fingerprint density at radius 3 is 2.17 bits per heavy atom. The molecule has 1 saturated heterocycles. The molecule has 0 spiro atoms. The van der Waals surface area contributed by atoms with E-state index >= 15 is 0 Å². The van der Waals surface area contributed by atoms with Gasteiger partial charge in [0.25, 0.3) is 0 Å². The number of hydrogen-bond donors (Lipinski definition) is 2. The lowest BCUT2D eigenvalue weighted by Gasteiger charge is -2.55. The van der Waals surface area contributed by atoms with E-state index in [-0.39, 0.29) is 11.5 Å². The van der Waals surface area contributed by atoms with E-state index in [1.165, 1.54) is 19.3 Å². The molecule has 5 rings (SSSR count). The lowest BCUT2D eigenvalue weighted by molar-refractivity contribution is -0.146. The predicted octanol–water partition coefficient (Wildman–Crippen LogP) is 2.17. The number of carbonyl (C=O) groups excluding carboxylic acids is 1. The second kappa shape index (κ2) is 6.36. The second-order valence-corrected chi connectivity index (χ2v) is 8.88. The van der Waals surface area contributed by atoms with Crippen molar-refractivity contribution in [3.05, 3.63) is 0 Å². The molecule has 4 bridgehead atoms. The van der Waals surface area contributed by atoms with E-state index < -0.39 is 0 Å². The minimum Gasteiger partial charge on any atom is -0.393 e. The van der Waals surface area contributed by atoms with Crippen LogP contribution in [0.5, 0.6) is 0 Å². The van der Waals surface area contributed by atoms with Crippen LogP contribution >= 0.6 is 0 Å². The normalized spacial score (nSPS) is 40.5. The molecular weight excluding hydrogens is 288 g/mol. The van der Waals surface area contributed by atoms with Gasteiger partial charge in [-0.1, -0.05) is 0 Å². The van der Waals surface area contributed by atoms with Crippen molar-refractivity contribution in [1.29, 1.82) is 0 Å². The van der Waals surface area contributed by atoms with E-state index in [0.29, 0.717) is 5.91 Å². The summed E-state index contributed by atoms with van der Waals surface area (Å²) >= 11 is 0. The number of likely N-dealkylation sites (tertiary alicyclic amines) is 1. The van der Waals surface area contributed by atoms with Crippen LogP contribution in [0.2, 0.25) is 0 Å². The summed E-state index contributed by atoms with van der Waals surface area (Å²) in [4.78, 5) is 15.3. The van der Waals surface area contributed by atoms with Crippen LogP contribution in [0.15, 0.2) is 0 Å². The molecule has 4 saturated carbocycles. The van der Waals surface area contributed by atoms with Gasteiger partial charge in [-0.2, -0.15) is 0 Å². The maximum Gasteiger partial charge on any atom is 0.226 e. The summed E-state index contributed by atoms with van der Waals surface area (Å²) in [7, 11) is 0. The van der Waals surface area contributed by atoms with Crippen molar-refractivity contribution in [3.63, 3.8) is 0 Å². The van der Waals surface area contributed by atoms with Crippen molar-refractivity contribution < 1.29 is 9.90 Å². The van der Waals surface area contributed by atoms with Crippen molar-refractivity contribution in [2.45, 2.75) is 63.9 Å². The zero-order chi connectivity index (χ0) is 15.9. The van der Waals surface area contributed by atoms with Gasteiger partial charge in [0.2, 0.25) is 5.91 Å². The van der Waals surface area contributed by atoms with E-state index in [1.54, 1.807) is 0 Å². The minimum atomic E-state index is -0.0953. The van der Waals surface area contributed by atoms with Crippen molar-refractivity contribution >= 4 is 5.91 Å². The molecule has 5 fully saturated rings. The van der Waals surface area contributed by atoms with Crippen LogP contribution in [-0.2, 0) is 4.79 Å². The average Bonchev–Trinajstić information content (AvgIpc) is 2.52. The molecule has 4 heteroatoms. The summed E-state index contributed by atoms with van der Waals surface area (Å²) in [6, 6.07) is 0. The van der Waals surface area contributed by atoms with Crippen LogP contribution in [0.4, 0.5) is 0 Å². The van der Waals surface area contributed by atoms with Crippen LogP contribution < -0.4 is 5.32 Å². The summed E-state index contributed by atoms with van der Waals surface area (Å²) in [6.45, 7) is 3.88. The van der Waals surface area contributed by atoms with Gasteiger partial charge in [0.1, 0.15) is 0 Å². The van der Waals surface area contributed by atoms with Crippen molar-refractivity contribution in [1.82, 2.24) is 10.2 Å².